The van der Waals surface area contributed by atoms with Gasteiger partial charge in [-0.15, -0.1) is 0 Å². The summed E-state index contributed by atoms with van der Waals surface area (Å²) in [5, 5.41) is 3.89. The highest BCUT2D eigenvalue weighted by Gasteiger charge is 2.19. The number of ether oxygens (including phenoxy) is 1. The lowest BCUT2D eigenvalue weighted by molar-refractivity contribution is 0.0949. The lowest BCUT2D eigenvalue weighted by Crippen LogP contribution is -2.44. The van der Waals surface area contributed by atoms with Crippen LogP contribution in [0.1, 0.15) is 53.1 Å². The minimum atomic E-state index is -0.271. The standard InChI is InChI=1S/C33H40N6O3/c1-7-22(4)42-29-17-21(3)37-33(41)28(29)19-35-32(40)25-9-10-26-27(16-20(2)36-31(26)23(25)5)24-8-11-30(34-18-24)39-14-12-38(6)13-15-39/h8-11,16-18,22H,7,12-15,19H2,1-6H3,(H,35,40)(H,37,41). The van der Waals surface area contributed by atoms with Gasteiger partial charge in [0.2, 0.25) is 0 Å². The molecule has 4 heterocycles. The van der Waals surface area contributed by atoms with Crippen LogP contribution in [-0.4, -0.2) is 65.1 Å². The first-order valence-electron chi connectivity index (χ1n) is 14.6. The molecule has 1 amide bonds. The summed E-state index contributed by atoms with van der Waals surface area (Å²) in [5.41, 5.74) is 5.81. The summed E-state index contributed by atoms with van der Waals surface area (Å²) in [5.74, 6) is 1.21. The van der Waals surface area contributed by atoms with E-state index in [1.54, 1.807) is 6.07 Å². The van der Waals surface area contributed by atoms with E-state index >= 15 is 0 Å². The topological polar surface area (TPSA) is 103 Å². The number of fused-ring (bicyclic) bond motifs is 1. The molecule has 1 fully saturated rings. The molecule has 1 unspecified atom stereocenters. The number of anilines is 1. The largest absolute Gasteiger partial charge is 0.490 e. The first-order chi connectivity index (χ1) is 20.1. The molecule has 0 aliphatic carbocycles. The quantitative estimate of drug-likeness (QED) is 0.316. The molecule has 4 aromatic rings. The Morgan fingerprint density at radius 3 is 2.55 bits per heavy atom. The third-order valence-corrected chi connectivity index (χ3v) is 8.05. The number of carbonyl (C=O) groups is 1. The van der Waals surface area contributed by atoms with Crippen LogP contribution in [-0.2, 0) is 6.54 Å². The lowest BCUT2D eigenvalue weighted by Gasteiger charge is -2.33. The number of hydrogen-bond donors (Lipinski definition) is 2. The number of H-pyrrole nitrogens is 1. The fourth-order valence-electron chi connectivity index (χ4n) is 5.33. The molecule has 0 spiro atoms. The van der Waals surface area contributed by atoms with Gasteiger partial charge in [-0.25, -0.2) is 4.98 Å². The van der Waals surface area contributed by atoms with Crippen molar-refractivity contribution in [3.8, 4) is 16.9 Å². The maximum atomic E-state index is 13.4. The maximum Gasteiger partial charge on any atom is 0.256 e. The Bertz CT molecular complexity index is 1660. The highest BCUT2D eigenvalue weighted by molar-refractivity contribution is 6.04. The van der Waals surface area contributed by atoms with Gasteiger partial charge >= 0.3 is 0 Å². The van der Waals surface area contributed by atoms with Gasteiger partial charge < -0.3 is 24.8 Å². The van der Waals surface area contributed by atoms with Crippen LogP contribution in [0.5, 0.6) is 5.75 Å². The van der Waals surface area contributed by atoms with Crippen LogP contribution < -0.4 is 20.5 Å². The minimum absolute atomic E-state index is 0.0508. The van der Waals surface area contributed by atoms with Crippen LogP contribution in [0.2, 0.25) is 0 Å². The molecule has 0 saturated carbocycles. The van der Waals surface area contributed by atoms with E-state index in [1.807, 2.05) is 52.9 Å². The summed E-state index contributed by atoms with van der Waals surface area (Å²) in [4.78, 5) is 43.2. The number of benzene rings is 1. The number of aryl methyl sites for hydroxylation is 3. The maximum absolute atomic E-state index is 13.4. The average Bonchev–Trinajstić information content (AvgIpc) is 2.97. The molecule has 42 heavy (non-hydrogen) atoms. The van der Waals surface area contributed by atoms with Crippen molar-refractivity contribution < 1.29 is 9.53 Å². The van der Waals surface area contributed by atoms with Gasteiger partial charge in [0, 0.05) is 60.3 Å². The molecule has 2 N–H and O–H groups in total. The summed E-state index contributed by atoms with van der Waals surface area (Å²) >= 11 is 0. The van der Waals surface area contributed by atoms with Gasteiger partial charge in [0.25, 0.3) is 11.5 Å². The smallest absolute Gasteiger partial charge is 0.256 e. The summed E-state index contributed by atoms with van der Waals surface area (Å²) in [6, 6.07) is 11.8. The Kier molecular flexibility index (Phi) is 8.59. The first kappa shape index (κ1) is 29.3. The molecule has 1 aliphatic heterocycles. The zero-order valence-electron chi connectivity index (χ0n) is 25.4. The van der Waals surface area contributed by atoms with Gasteiger partial charge in [0.15, 0.2) is 0 Å². The number of carbonyl (C=O) groups excluding carboxylic acids is 1. The van der Waals surface area contributed by atoms with E-state index in [4.69, 9.17) is 14.7 Å². The molecule has 9 heteroatoms. The minimum Gasteiger partial charge on any atom is -0.490 e. The molecular formula is C33H40N6O3. The van der Waals surface area contributed by atoms with Crippen LogP contribution >= 0.6 is 0 Å². The number of aromatic amines is 1. The Balaban J connectivity index is 1.40. The third-order valence-electron chi connectivity index (χ3n) is 8.05. The number of nitrogens with zero attached hydrogens (tertiary/aromatic N) is 4. The Hall–Kier alpha value is -4.24. The molecule has 5 rings (SSSR count). The van der Waals surface area contributed by atoms with Gasteiger partial charge in [-0.1, -0.05) is 13.0 Å². The molecule has 0 bridgehead atoms. The molecule has 220 valence electrons. The molecular weight excluding hydrogens is 528 g/mol. The van der Waals surface area contributed by atoms with Gasteiger partial charge in [-0.2, -0.15) is 0 Å². The summed E-state index contributed by atoms with van der Waals surface area (Å²) in [6.45, 7) is 13.7. The normalized spacial score (nSPS) is 14.7. The van der Waals surface area contributed by atoms with Crippen molar-refractivity contribution in [3.63, 3.8) is 0 Å². The van der Waals surface area contributed by atoms with E-state index in [2.05, 4.69) is 45.3 Å². The SMILES string of the molecule is CCC(C)Oc1cc(C)[nH]c(=O)c1CNC(=O)c1ccc2c(-c3ccc(N4CCN(C)CC4)nc3)cc(C)nc2c1C. The lowest BCUT2D eigenvalue weighted by atomic mass is 9.96. The number of amides is 1. The van der Waals surface area contributed by atoms with Crippen molar-refractivity contribution in [1.29, 1.82) is 0 Å². The van der Waals surface area contributed by atoms with Gasteiger partial charge in [-0.3, -0.25) is 14.6 Å². The van der Waals surface area contributed by atoms with E-state index < -0.39 is 0 Å². The van der Waals surface area contributed by atoms with E-state index in [-0.39, 0.29) is 24.1 Å². The zero-order chi connectivity index (χ0) is 30.0. The van der Waals surface area contributed by atoms with Crippen molar-refractivity contribution in [2.45, 2.75) is 53.7 Å². The van der Waals surface area contributed by atoms with Crippen LogP contribution in [0.25, 0.3) is 22.0 Å². The fourth-order valence-corrected chi connectivity index (χ4v) is 5.33. The van der Waals surface area contributed by atoms with Crippen LogP contribution in [0.4, 0.5) is 5.82 Å². The monoisotopic (exact) mass is 568 g/mol. The number of hydrogen-bond acceptors (Lipinski definition) is 7. The van der Waals surface area contributed by atoms with Crippen molar-refractivity contribution in [1.82, 2.24) is 25.2 Å². The molecule has 1 saturated heterocycles. The molecule has 1 atom stereocenters. The van der Waals surface area contributed by atoms with E-state index in [1.165, 1.54) is 0 Å². The number of pyridine rings is 3. The van der Waals surface area contributed by atoms with Gasteiger partial charge in [0.05, 0.1) is 23.7 Å². The summed E-state index contributed by atoms with van der Waals surface area (Å²) in [6.07, 6.45) is 2.68. The second-order valence-electron chi connectivity index (χ2n) is 11.3. The van der Waals surface area contributed by atoms with E-state index in [0.29, 0.717) is 22.6 Å². The first-order valence-corrected chi connectivity index (χ1v) is 14.6. The molecule has 1 aromatic carbocycles. The third kappa shape index (κ3) is 6.16. The predicted octanol–water partition coefficient (Wildman–Crippen LogP) is 4.77. The zero-order valence-corrected chi connectivity index (χ0v) is 25.4. The number of aromatic nitrogens is 3. The summed E-state index contributed by atoms with van der Waals surface area (Å²) in [7, 11) is 2.15. The predicted molar refractivity (Wildman–Crippen MR) is 168 cm³/mol. The highest BCUT2D eigenvalue weighted by Crippen LogP contribution is 2.32. The van der Waals surface area contributed by atoms with E-state index in [0.717, 1.165) is 71.7 Å². The average molecular weight is 569 g/mol. The molecule has 1 aliphatic rings. The van der Waals surface area contributed by atoms with Crippen molar-refractivity contribution >= 4 is 22.6 Å². The Labute approximate surface area is 246 Å². The van der Waals surface area contributed by atoms with Crippen molar-refractivity contribution in [2.75, 3.05) is 38.1 Å². The van der Waals surface area contributed by atoms with Gasteiger partial charge in [-0.05, 0) is 82.6 Å². The number of piperazine rings is 1. The number of nitrogens with one attached hydrogen (secondary N) is 2. The molecule has 3 aromatic heterocycles. The van der Waals surface area contributed by atoms with E-state index in [9.17, 15) is 9.59 Å². The number of rotatable bonds is 8. The Morgan fingerprint density at radius 2 is 1.86 bits per heavy atom. The number of likely N-dealkylation sites (N-methyl/N-ethyl adjacent to an activating group) is 1. The summed E-state index contributed by atoms with van der Waals surface area (Å²) < 4.78 is 6.00. The second-order valence-corrected chi connectivity index (χ2v) is 11.3. The molecule has 0 radical (unpaired) electrons. The second kappa shape index (κ2) is 12.3. The fraction of sp³-hybridized carbons (Fsp3) is 0.394. The Morgan fingerprint density at radius 1 is 1.10 bits per heavy atom. The van der Waals surface area contributed by atoms with Crippen LogP contribution in [0, 0.1) is 20.8 Å². The van der Waals surface area contributed by atoms with Crippen LogP contribution in [0.3, 0.4) is 0 Å². The highest BCUT2D eigenvalue weighted by atomic mass is 16.5. The molecule has 9 nitrogen and oxygen atoms in total. The van der Waals surface area contributed by atoms with Crippen molar-refractivity contribution in [2.24, 2.45) is 0 Å². The van der Waals surface area contributed by atoms with Crippen LogP contribution in [0.15, 0.2) is 47.4 Å². The van der Waals surface area contributed by atoms with Gasteiger partial charge in [0.1, 0.15) is 11.6 Å². The van der Waals surface area contributed by atoms with Crippen molar-refractivity contribution in [3.05, 3.63) is 81.0 Å².